The van der Waals surface area contributed by atoms with Gasteiger partial charge in [-0.15, -0.1) is 0 Å². The first-order valence-corrected chi connectivity index (χ1v) is 9.52. The van der Waals surface area contributed by atoms with Crippen LogP contribution in [0.2, 0.25) is 0 Å². The molecule has 0 spiro atoms. The van der Waals surface area contributed by atoms with Gasteiger partial charge in [0.15, 0.2) is 0 Å². The lowest BCUT2D eigenvalue weighted by molar-refractivity contribution is 0.272. The topological polar surface area (TPSA) is 43.1 Å². The number of hydrogen-bond acceptors (Lipinski definition) is 2. The third kappa shape index (κ3) is 3.92. The lowest BCUT2D eigenvalue weighted by Gasteiger charge is -2.35. The van der Waals surface area contributed by atoms with Gasteiger partial charge in [-0.1, -0.05) is 48.2 Å². The van der Waals surface area contributed by atoms with Gasteiger partial charge in [0, 0.05) is 14.6 Å². The molecular weight excluding hydrogens is 334 g/mol. The van der Waals surface area contributed by atoms with Crippen molar-refractivity contribution in [1.82, 2.24) is 0 Å². The molecule has 0 aliphatic heterocycles. The minimum Gasteiger partial charge on any atom is -0.330 e. The fourth-order valence-electron chi connectivity index (χ4n) is 3.24. The van der Waals surface area contributed by atoms with Crippen LogP contribution in [0, 0.1) is 11.8 Å². The highest BCUT2D eigenvalue weighted by atomic mass is 79.9. The number of rotatable bonds is 5. The molecule has 0 radical (unpaired) electrons. The highest BCUT2D eigenvalue weighted by Crippen LogP contribution is 2.36. The fraction of sp³-hybridized carbons (Fsp3) is 0.625. The summed E-state index contributed by atoms with van der Waals surface area (Å²) < 4.78 is 13.9. The monoisotopic (exact) mass is 357 g/mol. The van der Waals surface area contributed by atoms with Crippen LogP contribution in [0.1, 0.15) is 39.0 Å². The van der Waals surface area contributed by atoms with Crippen LogP contribution < -0.4 is 5.73 Å². The summed E-state index contributed by atoms with van der Waals surface area (Å²) >= 11 is 3.46. The van der Waals surface area contributed by atoms with E-state index in [4.69, 9.17) is 5.73 Å². The van der Waals surface area contributed by atoms with Gasteiger partial charge < -0.3 is 5.73 Å². The molecule has 1 aromatic carbocycles. The molecule has 0 heterocycles. The molecule has 1 saturated carbocycles. The Morgan fingerprint density at radius 1 is 1.40 bits per heavy atom. The second-order valence-corrected chi connectivity index (χ2v) is 8.34. The highest BCUT2D eigenvalue weighted by molar-refractivity contribution is 9.10. The summed E-state index contributed by atoms with van der Waals surface area (Å²) in [6.07, 6.45) is 5.92. The summed E-state index contributed by atoms with van der Waals surface area (Å²) in [4.78, 5) is 0.931. The van der Waals surface area contributed by atoms with E-state index in [0.29, 0.717) is 12.5 Å². The van der Waals surface area contributed by atoms with Crippen LogP contribution in [0.25, 0.3) is 0 Å². The Kier molecular flexibility index (Phi) is 6.24. The van der Waals surface area contributed by atoms with Crippen molar-refractivity contribution in [2.75, 3.05) is 6.54 Å². The van der Waals surface area contributed by atoms with Crippen molar-refractivity contribution in [2.24, 2.45) is 17.6 Å². The van der Waals surface area contributed by atoms with Crippen molar-refractivity contribution < 1.29 is 4.21 Å². The summed E-state index contributed by atoms with van der Waals surface area (Å²) in [5, 5.41) is 0.222. The second-order valence-electron chi connectivity index (χ2n) is 5.76. The standard InChI is InChI=1S/C16H24BrNOS/c1-2-4-12-7-8-13(11-18)16(9-12)20(19)15-6-3-5-14(17)10-15/h3,5-6,10,12-13,16H,2,4,7-9,11,18H2,1H3. The minimum atomic E-state index is -0.944. The number of benzene rings is 1. The van der Waals surface area contributed by atoms with E-state index in [1.54, 1.807) is 0 Å². The van der Waals surface area contributed by atoms with Crippen molar-refractivity contribution in [3.63, 3.8) is 0 Å². The fourth-order valence-corrected chi connectivity index (χ4v) is 5.64. The molecule has 2 nitrogen and oxygen atoms in total. The summed E-state index contributed by atoms with van der Waals surface area (Å²) in [6, 6.07) is 7.88. The van der Waals surface area contributed by atoms with Crippen molar-refractivity contribution in [1.29, 1.82) is 0 Å². The lowest BCUT2D eigenvalue weighted by Crippen LogP contribution is -2.37. The van der Waals surface area contributed by atoms with E-state index in [2.05, 4.69) is 22.9 Å². The Morgan fingerprint density at radius 3 is 2.85 bits per heavy atom. The molecule has 1 aliphatic rings. The first kappa shape index (κ1) is 16.2. The van der Waals surface area contributed by atoms with Crippen LogP contribution in [0.4, 0.5) is 0 Å². The average Bonchev–Trinajstić information content (AvgIpc) is 2.47. The number of nitrogens with two attached hydrogens (primary N) is 1. The third-order valence-corrected chi connectivity index (χ3v) is 6.68. The van der Waals surface area contributed by atoms with Crippen LogP contribution in [-0.2, 0) is 10.8 Å². The van der Waals surface area contributed by atoms with E-state index < -0.39 is 10.8 Å². The van der Waals surface area contributed by atoms with Gasteiger partial charge >= 0.3 is 0 Å². The molecule has 4 unspecified atom stereocenters. The van der Waals surface area contributed by atoms with E-state index in [1.165, 1.54) is 19.3 Å². The maximum absolute atomic E-state index is 12.9. The Bertz CT molecular complexity index is 466. The van der Waals surface area contributed by atoms with E-state index >= 15 is 0 Å². The quantitative estimate of drug-likeness (QED) is 0.861. The van der Waals surface area contributed by atoms with Crippen molar-refractivity contribution >= 4 is 26.7 Å². The predicted octanol–water partition coefficient (Wildman–Crippen LogP) is 4.10. The van der Waals surface area contributed by atoms with Gasteiger partial charge in [-0.05, 0) is 49.4 Å². The Hall–Kier alpha value is -0.190. The molecule has 0 saturated heterocycles. The second kappa shape index (κ2) is 7.71. The molecule has 1 aromatic rings. The lowest BCUT2D eigenvalue weighted by atomic mass is 9.80. The summed E-state index contributed by atoms with van der Waals surface area (Å²) in [5.41, 5.74) is 5.92. The molecule has 1 fully saturated rings. The minimum absolute atomic E-state index is 0.222. The van der Waals surface area contributed by atoms with Crippen LogP contribution in [0.15, 0.2) is 33.6 Å². The number of halogens is 1. The van der Waals surface area contributed by atoms with E-state index in [1.807, 2.05) is 24.3 Å². The maximum atomic E-state index is 12.9. The van der Waals surface area contributed by atoms with Crippen LogP contribution in [-0.4, -0.2) is 16.0 Å². The zero-order chi connectivity index (χ0) is 14.5. The van der Waals surface area contributed by atoms with Gasteiger partial charge in [-0.3, -0.25) is 4.21 Å². The number of hydrogen-bond donors (Lipinski definition) is 1. The molecule has 1 aliphatic carbocycles. The molecule has 4 atom stereocenters. The smallest absolute Gasteiger partial charge is 0.0564 e. The largest absolute Gasteiger partial charge is 0.330 e. The molecule has 2 rings (SSSR count). The SMILES string of the molecule is CCCC1CCC(CN)C(S(=O)c2cccc(Br)c2)C1. The van der Waals surface area contributed by atoms with Gasteiger partial charge in [0.2, 0.25) is 0 Å². The Balaban J connectivity index is 2.15. The molecular formula is C16H24BrNOS. The molecule has 2 N–H and O–H groups in total. The molecule has 112 valence electrons. The highest BCUT2D eigenvalue weighted by Gasteiger charge is 2.33. The average molecular weight is 358 g/mol. The molecule has 20 heavy (non-hydrogen) atoms. The molecule has 4 heteroatoms. The van der Waals surface area contributed by atoms with Crippen LogP contribution >= 0.6 is 15.9 Å². The van der Waals surface area contributed by atoms with Crippen molar-refractivity contribution in [3.8, 4) is 0 Å². The molecule has 0 bridgehead atoms. The Labute approximate surface area is 133 Å². The maximum Gasteiger partial charge on any atom is 0.0564 e. The van der Waals surface area contributed by atoms with Gasteiger partial charge in [-0.2, -0.15) is 0 Å². The van der Waals surface area contributed by atoms with Crippen molar-refractivity contribution in [3.05, 3.63) is 28.7 Å². The van der Waals surface area contributed by atoms with E-state index in [9.17, 15) is 4.21 Å². The normalized spacial score (nSPS) is 28.2. The zero-order valence-electron chi connectivity index (χ0n) is 12.1. The zero-order valence-corrected chi connectivity index (χ0v) is 14.5. The first-order chi connectivity index (χ1) is 9.65. The van der Waals surface area contributed by atoms with Gasteiger partial charge in [0.1, 0.15) is 0 Å². The Morgan fingerprint density at radius 2 is 2.20 bits per heavy atom. The van der Waals surface area contributed by atoms with E-state index in [-0.39, 0.29) is 5.25 Å². The van der Waals surface area contributed by atoms with Gasteiger partial charge in [0.25, 0.3) is 0 Å². The van der Waals surface area contributed by atoms with Gasteiger partial charge in [0.05, 0.1) is 10.8 Å². The van der Waals surface area contributed by atoms with Crippen molar-refractivity contribution in [2.45, 2.75) is 49.2 Å². The van der Waals surface area contributed by atoms with Crippen LogP contribution in [0.3, 0.4) is 0 Å². The van der Waals surface area contributed by atoms with Crippen LogP contribution in [0.5, 0.6) is 0 Å². The predicted molar refractivity (Wildman–Crippen MR) is 89.1 cm³/mol. The third-order valence-electron chi connectivity index (χ3n) is 4.34. The van der Waals surface area contributed by atoms with E-state index in [0.717, 1.165) is 28.1 Å². The summed E-state index contributed by atoms with van der Waals surface area (Å²) in [5.74, 6) is 1.13. The molecule has 0 aromatic heterocycles. The van der Waals surface area contributed by atoms with Gasteiger partial charge in [-0.25, -0.2) is 0 Å². The molecule has 0 amide bonds. The summed E-state index contributed by atoms with van der Waals surface area (Å²) in [7, 11) is -0.944. The summed E-state index contributed by atoms with van der Waals surface area (Å²) in [6.45, 7) is 2.89. The first-order valence-electron chi connectivity index (χ1n) is 7.52.